The van der Waals surface area contributed by atoms with E-state index < -0.39 is 0 Å². The van der Waals surface area contributed by atoms with Gasteiger partial charge < -0.3 is 9.84 Å². The highest BCUT2D eigenvalue weighted by molar-refractivity contribution is 5.13. The third-order valence-corrected chi connectivity index (χ3v) is 5.89. The van der Waals surface area contributed by atoms with Crippen LogP contribution in [0.15, 0.2) is 30.3 Å². The van der Waals surface area contributed by atoms with Crippen LogP contribution in [0.25, 0.3) is 0 Å². The van der Waals surface area contributed by atoms with E-state index in [1.165, 1.54) is 95.5 Å². The second-order valence-corrected chi connectivity index (χ2v) is 8.67. The number of benzene rings is 1. The van der Waals surface area contributed by atoms with E-state index in [0.29, 0.717) is 12.7 Å². The van der Waals surface area contributed by atoms with Crippen LogP contribution in [0.3, 0.4) is 0 Å². The molecule has 0 saturated carbocycles. The summed E-state index contributed by atoms with van der Waals surface area (Å²) in [6.45, 7) is 3.24. The highest BCUT2D eigenvalue weighted by Gasteiger charge is 2.09. The summed E-state index contributed by atoms with van der Waals surface area (Å²) in [5, 5.41) is 9.14. The van der Waals surface area contributed by atoms with Gasteiger partial charge in [0.2, 0.25) is 0 Å². The van der Waals surface area contributed by atoms with Crippen molar-refractivity contribution < 1.29 is 9.84 Å². The first-order valence-electron chi connectivity index (χ1n) is 12.6. The van der Waals surface area contributed by atoms with E-state index in [1.54, 1.807) is 0 Å². The molecule has 0 aliphatic heterocycles. The second kappa shape index (κ2) is 20.4. The van der Waals surface area contributed by atoms with Crippen molar-refractivity contribution in [3.63, 3.8) is 0 Å². The van der Waals surface area contributed by atoms with Gasteiger partial charge in [0.15, 0.2) is 0 Å². The summed E-state index contributed by atoms with van der Waals surface area (Å²) in [4.78, 5) is 0. The number of ether oxygens (including phenoxy) is 1. The first-order chi connectivity index (χ1) is 14.4. The van der Waals surface area contributed by atoms with Crippen molar-refractivity contribution in [2.45, 2.75) is 129 Å². The highest BCUT2D eigenvalue weighted by atomic mass is 16.5. The van der Waals surface area contributed by atoms with Gasteiger partial charge in [-0.3, -0.25) is 0 Å². The van der Waals surface area contributed by atoms with Crippen LogP contribution in [0.2, 0.25) is 0 Å². The van der Waals surface area contributed by atoms with Gasteiger partial charge >= 0.3 is 0 Å². The van der Waals surface area contributed by atoms with Crippen LogP contribution in [-0.4, -0.2) is 17.8 Å². The van der Waals surface area contributed by atoms with Gasteiger partial charge in [-0.25, -0.2) is 0 Å². The molecule has 2 nitrogen and oxygen atoms in total. The molecule has 0 fully saturated rings. The van der Waals surface area contributed by atoms with Crippen molar-refractivity contribution in [2.24, 2.45) is 0 Å². The molecule has 29 heavy (non-hydrogen) atoms. The molecule has 1 atom stereocenters. The molecule has 0 saturated heterocycles. The van der Waals surface area contributed by atoms with E-state index in [1.807, 2.05) is 6.07 Å². The number of aliphatic hydroxyl groups is 1. The predicted molar refractivity (Wildman–Crippen MR) is 126 cm³/mol. The molecule has 0 amide bonds. The van der Waals surface area contributed by atoms with Gasteiger partial charge in [-0.15, -0.1) is 0 Å². The van der Waals surface area contributed by atoms with Crippen molar-refractivity contribution in [3.8, 4) is 0 Å². The zero-order chi connectivity index (χ0) is 20.8. The van der Waals surface area contributed by atoms with Crippen molar-refractivity contribution in [1.82, 2.24) is 0 Å². The Bertz CT molecular complexity index is 431. The van der Waals surface area contributed by atoms with Gasteiger partial charge in [0.05, 0.1) is 12.7 Å². The highest BCUT2D eigenvalue weighted by Crippen LogP contribution is 2.17. The summed E-state index contributed by atoms with van der Waals surface area (Å²) in [5.74, 6) is 0. The molecule has 1 rings (SSSR count). The van der Waals surface area contributed by atoms with E-state index in [9.17, 15) is 0 Å². The molecule has 1 N–H and O–H groups in total. The van der Waals surface area contributed by atoms with E-state index in [0.717, 1.165) is 19.3 Å². The summed E-state index contributed by atoms with van der Waals surface area (Å²) < 4.78 is 6.13. The Kier molecular flexibility index (Phi) is 18.4. The lowest BCUT2D eigenvalue weighted by Gasteiger charge is -2.17. The lowest BCUT2D eigenvalue weighted by Crippen LogP contribution is -2.13. The molecular formula is C27H48O2. The fourth-order valence-corrected chi connectivity index (χ4v) is 3.98. The minimum atomic E-state index is 0.268. The fraction of sp³-hybridized carbons (Fsp3) is 0.778. The SMILES string of the molecule is CCCCCCCCCCCCCCCCC(CCCO)OCc1ccccc1. The zero-order valence-electron chi connectivity index (χ0n) is 19.3. The molecule has 0 aliphatic rings. The van der Waals surface area contributed by atoms with Gasteiger partial charge in [-0.05, 0) is 24.8 Å². The monoisotopic (exact) mass is 404 g/mol. The Hall–Kier alpha value is -0.860. The molecule has 0 spiro atoms. The average Bonchev–Trinajstić information content (AvgIpc) is 2.76. The van der Waals surface area contributed by atoms with Gasteiger partial charge in [0.25, 0.3) is 0 Å². The first kappa shape index (κ1) is 26.2. The van der Waals surface area contributed by atoms with Crippen LogP contribution in [-0.2, 0) is 11.3 Å². The Morgan fingerprint density at radius 2 is 1.14 bits per heavy atom. The van der Waals surface area contributed by atoms with E-state index in [-0.39, 0.29) is 6.61 Å². The maximum Gasteiger partial charge on any atom is 0.0720 e. The third kappa shape index (κ3) is 16.6. The molecule has 2 heteroatoms. The van der Waals surface area contributed by atoms with Crippen LogP contribution in [0, 0.1) is 0 Å². The lowest BCUT2D eigenvalue weighted by atomic mass is 10.0. The van der Waals surface area contributed by atoms with Crippen molar-refractivity contribution in [1.29, 1.82) is 0 Å². The van der Waals surface area contributed by atoms with Gasteiger partial charge in [-0.1, -0.05) is 127 Å². The maximum atomic E-state index is 9.14. The van der Waals surface area contributed by atoms with Crippen molar-refractivity contribution in [3.05, 3.63) is 35.9 Å². The van der Waals surface area contributed by atoms with Crippen LogP contribution in [0.1, 0.15) is 122 Å². The topological polar surface area (TPSA) is 29.5 Å². The standard InChI is InChI=1S/C27H48O2/c1-2-3-4-5-6-7-8-9-10-11-12-13-14-18-22-27(23-19-24-28)29-25-26-20-16-15-17-21-26/h15-17,20-21,27-28H,2-14,18-19,22-25H2,1H3. The Balaban J connectivity index is 1.94. The van der Waals surface area contributed by atoms with Gasteiger partial charge in [0.1, 0.15) is 0 Å². The molecule has 0 heterocycles. The van der Waals surface area contributed by atoms with Crippen LogP contribution < -0.4 is 0 Å². The molecule has 0 aromatic heterocycles. The largest absolute Gasteiger partial charge is 0.396 e. The Labute approximate surface area is 181 Å². The number of hydrogen-bond donors (Lipinski definition) is 1. The van der Waals surface area contributed by atoms with Gasteiger partial charge in [0, 0.05) is 6.61 Å². The second-order valence-electron chi connectivity index (χ2n) is 8.67. The quantitative estimate of drug-likeness (QED) is 0.209. The van der Waals surface area contributed by atoms with Gasteiger partial charge in [-0.2, -0.15) is 0 Å². The molecule has 0 radical (unpaired) electrons. The van der Waals surface area contributed by atoms with E-state index in [2.05, 4.69) is 31.2 Å². The van der Waals surface area contributed by atoms with Crippen LogP contribution >= 0.6 is 0 Å². The molecule has 168 valence electrons. The minimum Gasteiger partial charge on any atom is -0.396 e. The number of rotatable bonds is 21. The van der Waals surface area contributed by atoms with E-state index in [4.69, 9.17) is 9.84 Å². The summed E-state index contributed by atoms with van der Waals surface area (Å²) in [6.07, 6.45) is 22.8. The van der Waals surface area contributed by atoms with E-state index >= 15 is 0 Å². The molecule has 1 aromatic carbocycles. The Morgan fingerprint density at radius 1 is 0.655 bits per heavy atom. The first-order valence-corrected chi connectivity index (χ1v) is 12.6. The van der Waals surface area contributed by atoms with Crippen LogP contribution in [0.5, 0.6) is 0 Å². The molecule has 1 aromatic rings. The number of unbranched alkanes of at least 4 members (excludes halogenated alkanes) is 13. The molecule has 0 bridgehead atoms. The smallest absolute Gasteiger partial charge is 0.0720 e. The third-order valence-electron chi connectivity index (χ3n) is 5.89. The normalized spacial score (nSPS) is 12.3. The minimum absolute atomic E-state index is 0.268. The van der Waals surface area contributed by atoms with Crippen molar-refractivity contribution in [2.75, 3.05) is 6.61 Å². The number of aliphatic hydroxyl groups excluding tert-OH is 1. The van der Waals surface area contributed by atoms with Crippen molar-refractivity contribution >= 4 is 0 Å². The average molecular weight is 405 g/mol. The lowest BCUT2D eigenvalue weighted by molar-refractivity contribution is 0.0237. The summed E-state index contributed by atoms with van der Waals surface area (Å²) in [6, 6.07) is 10.4. The summed E-state index contributed by atoms with van der Waals surface area (Å²) in [7, 11) is 0. The maximum absolute atomic E-state index is 9.14. The number of hydrogen-bond acceptors (Lipinski definition) is 2. The fourth-order valence-electron chi connectivity index (χ4n) is 3.98. The van der Waals surface area contributed by atoms with Crippen LogP contribution in [0.4, 0.5) is 0 Å². The zero-order valence-corrected chi connectivity index (χ0v) is 19.3. The summed E-state index contributed by atoms with van der Waals surface area (Å²) >= 11 is 0. The molecule has 1 unspecified atom stereocenters. The Morgan fingerprint density at radius 3 is 1.66 bits per heavy atom. The molecule has 0 aliphatic carbocycles. The summed E-state index contributed by atoms with van der Waals surface area (Å²) in [5.41, 5.74) is 1.24. The predicted octanol–water partition coefficient (Wildman–Crippen LogP) is 8.22. The molecular weight excluding hydrogens is 356 g/mol.